The van der Waals surface area contributed by atoms with Crippen LogP contribution in [0.4, 0.5) is 4.39 Å². The molecule has 1 amide bonds. The Morgan fingerprint density at radius 3 is 3.00 bits per heavy atom. The van der Waals surface area contributed by atoms with Crippen LogP contribution in [0.3, 0.4) is 0 Å². The van der Waals surface area contributed by atoms with E-state index < -0.39 is 0 Å². The van der Waals surface area contributed by atoms with Gasteiger partial charge in [-0.25, -0.2) is 4.39 Å². The van der Waals surface area contributed by atoms with Crippen molar-refractivity contribution in [2.45, 2.75) is 25.1 Å². The third-order valence-electron chi connectivity index (χ3n) is 3.13. The number of carbonyl (C=O) groups is 1. The number of hydrogen-bond acceptors (Lipinski definition) is 3. The normalized spacial score (nSPS) is 22.5. The van der Waals surface area contributed by atoms with Crippen LogP contribution in [-0.2, 0) is 16.1 Å². The van der Waals surface area contributed by atoms with Gasteiger partial charge in [0.15, 0.2) is 0 Å². The molecule has 2 atom stereocenters. The second-order valence-electron chi connectivity index (χ2n) is 4.55. The van der Waals surface area contributed by atoms with Gasteiger partial charge >= 0.3 is 0 Å². The molecule has 1 saturated heterocycles. The lowest BCUT2D eigenvalue weighted by Gasteiger charge is -2.11. The molecule has 1 fully saturated rings. The monoisotopic (exact) mass is 330 g/mol. The van der Waals surface area contributed by atoms with Crippen LogP contribution in [0.15, 0.2) is 22.7 Å². The van der Waals surface area contributed by atoms with Crippen molar-refractivity contribution in [2.24, 2.45) is 0 Å². The second kappa shape index (κ2) is 6.45. The van der Waals surface area contributed by atoms with Crippen molar-refractivity contribution in [1.82, 2.24) is 10.6 Å². The van der Waals surface area contributed by atoms with Gasteiger partial charge in [0, 0.05) is 24.7 Å². The summed E-state index contributed by atoms with van der Waals surface area (Å²) in [7, 11) is 1.64. The smallest absolute Gasteiger partial charge is 0.237 e. The topological polar surface area (TPSA) is 50.4 Å². The highest BCUT2D eigenvalue weighted by Gasteiger charge is 2.28. The summed E-state index contributed by atoms with van der Waals surface area (Å²) in [5, 5.41) is 5.89. The Morgan fingerprint density at radius 2 is 2.37 bits per heavy atom. The highest BCUT2D eigenvalue weighted by molar-refractivity contribution is 9.10. The number of ether oxygens (including phenoxy) is 1. The van der Waals surface area contributed by atoms with Crippen molar-refractivity contribution in [3.05, 3.63) is 34.1 Å². The third kappa shape index (κ3) is 3.99. The molecule has 1 aliphatic heterocycles. The Bertz CT molecular complexity index is 450. The van der Waals surface area contributed by atoms with Crippen LogP contribution in [-0.4, -0.2) is 31.7 Å². The number of halogens is 2. The molecule has 1 aliphatic rings. The minimum absolute atomic E-state index is 0.0825. The number of hydrogen-bond donors (Lipinski definition) is 2. The predicted molar refractivity (Wildman–Crippen MR) is 73.2 cm³/mol. The van der Waals surface area contributed by atoms with Gasteiger partial charge in [0.2, 0.25) is 5.91 Å². The fourth-order valence-corrected chi connectivity index (χ4v) is 2.62. The average molecular weight is 331 g/mol. The van der Waals surface area contributed by atoms with Crippen molar-refractivity contribution in [3.8, 4) is 0 Å². The molecule has 0 aromatic heterocycles. The maximum Gasteiger partial charge on any atom is 0.237 e. The number of amides is 1. The molecule has 0 spiro atoms. The molecule has 0 unspecified atom stereocenters. The summed E-state index contributed by atoms with van der Waals surface area (Å²) in [4.78, 5) is 11.9. The number of nitrogens with one attached hydrogen (secondary N) is 2. The first-order chi connectivity index (χ1) is 9.08. The number of carbonyl (C=O) groups excluding carboxylic acids is 1. The molecular formula is C13H16BrFN2O2. The Kier molecular flexibility index (Phi) is 4.90. The summed E-state index contributed by atoms with van der Waals surface area (Å²) in [6.07, 6.45) is 0.744. The molecule has 4 nitrogen and oxygen atoms in total. The molecule has 1 aromatic rings. The van der Waals surface area contributed by atoms with Crippen LogP contribution in [0.5, 0.6) is 0 Å². The van der Waals surface area contributed by atoms with Crippen molar-refractivity contribution in [2.75, 3.05) is 13.7 Å². The van der Waals surface area contributed by atoms with E-state index in [2.05, 4.69) is 26.6 Å². The minimum Gasteiger partial charge on any atom is -0.380 e. The van der Waals surface area contributed by atoms with Crippen LogP contribution < -0.4 is 10.6 Å². The number of rotatable bonds is 4. The van der Waals surface area contributed by atoms with Gasteiger partial charge in [0.25, 0.3) is 0 Å². The zero-order chi connectivity index (χ0) is 13.8. The Balaban J connectivity index is 1.86. The lowest BCUT2D eigenvalue weighted by Crippen LogP contribution is -2.40. The Morgan fingerprint density at radius 1 is 1.58 bits per heavy atom. The SMILES string of the molecule is CO[C@@H]1CN[C@@H](C(=O)NCc2cc(F)cc(Br)c2)C1. The van der Waals surface area contributed by atoms with Gasteiger partial charge in [-0.15, -0.1) is 0 Å². The standard InChI is InChI=1S/C13H16BrFN2O2/c1-19-11-5-12(16-7-11)13(18)17-6-8-2-9(14)4-10(15)3-8/h2-4,11-12,16H,5-7H2,1H3,(H,17,18)/t11-,12+/m0/s1. The van der Waals surface area contributed by atoms with Crippen molar-refractivity contribution in [3.63, 3.8) is 0 Å². The first-order valence-electron chi connectivity index (χ1n) is 6.07. The summed E-state index contributed by atoms with van der Waals surface area (Å²) in [6.45, 7) is 0.991. The molecule has 6 heteroatoms. The van der Waals surface area contributed by atoms with Gasteiger partial charge < -0.3 is 15.4 Å². The average Bonchev–Trinajstić information content (AvgIpc) is 2.83. The van der Waals surface area contributed by atoms with Gasteiger partial charge in [-0.1, -0.05) is 15.9 Å². The highest BCUT2D eigenvalue weighted by Crippen LogP contribution is 2.15. The van der Waals surface area contributed by atoms with Gasteiger partial charge in [0.1, 0.15) is 5.82 Å². The van der Waals surface area contributed by atoms with E-state index in [0.717, 1.165) is 5.56 Å². The van der Waals surface area contributed by atoms with Crippen molar-refractivity contribution >= 4 is 21.8 Å². The fourth-order valence-electron chi connectivity index (χ4n) is 2.11. The second-order valence-corrected chi connectivity index (χ2v) is 5.47. The molecule has 0 aliphatic carbocycles. The van der Waals surface area contributed by atoms with E-state index in [1.165, 1.54) is 12.1 Å². The van der Waals surface area contributed by atoms with Gasteiger partial charge in [0.05, 0.1) is 12.1 Å². The third-order valence-corrected chi connectivity index (χ3v) is 3.59. The summed E-state index contributed by atoms with van der Waals surface area (Å²) in [5.74, 6) is -0.406. The first kappa shape index (κ1) is 14.4. The summed E-state index contributed by atoms with van der Waals surface area (Å²) in [5.41, 5.74) is 0.724. The summed E-state index contributed by atoms with van der Waals surface area (Å²) < 4.78 is 19.0. The molecule has 1 aromatic carbocycles. The van der Waals surface area contributed by atoms with E-state index in [0.29, 0.717) is 24.0 Å². The van der Waals surface area contributed by atoms with E-state index >= 15 is 0 Å². The van der Waals surface area contributed by atoms with Crippen LogP contribution in [0.25, 0.3) is 0 Å². The molecular weight excluding hydrogens is 315 g/mol. The molecule has 104 valence electrons. The van der Waals surface area contributed by atoms with E-state index in [-0.39, 0.29) is 23.9 Å². The predicted octanol–water partition coefficient (Wildman–Crippen LogP) is 1.58. The maximum atomic E-state index is 13.2. The maximum absolute atomic E-state index is 13.2. The Hall–Kier alpha value is -0.980. The minimum atomic E-state index is -0.322. The zero-order valence-electron chi connectivity index (χ0n) is 10.6. The summed E-state index contributed by atoms with van der Waals surface area (Å²) in [6, 6.07) is 4.34. The fraction of sp³-hybridized carbons (Fsp3) is 0.462. The molecule has 0 saturated carbocycles. The molecule has 2 rings (SSSR count). The first-order valence-corrected chi connectivity index (χ1v) is 6.86. The summed E-state index contributed by atoms with van der Waals surface area (Å²) >= 11 is 3.22. The molecule has 0 radical (unpaired) electrons. The molecule has 0 bridgehead atoms. The number of methoxy groups -OCH3 is 1. The van der Waals surface area contributed by atoms with Gasteiger partial charge in [-0.05, 0) is 30.2 Å². The van der Waals surface area contributed by atoms with Crippen LogP contribution in [0.2, 0.25) is 0 Å². The van der Waals surface area contributed by atoms with Crippen LogP contribution in [0.1, 0.15) is 12.0 Å². The lowest BCUT2D eigenvalue weighted by molar-refractivity contribution is -0.123. The van der Waals surface area contributed by atoms with Crippen molar-refractivity contribution in [1.29, 1.82) is 0 Å². The molecule has 1 heterocycles. The highest BCUT2D eigenvalue weighted by atomic mass is 79.9. The van der Waals surface area contributed by atoms with E-state index in [4.69, 9.17) is 4.74 Å². The van der Waals surface area contributed by atoms with Gasteiger partial charge in [-0.3, -0.25) is 4.79 Å². The Labute approximate surface area is 119 Å². The van der Waals surface area contributed by atoms with E-state index in [1.54, 1.807) is 13.2 Å². The van der Waals surface area contributed by atoms with E-state index in [9.17, 15) is 9.18 Å². The molecule has 19 heavy (non-hydrogen) atoms. The molecule has 2 N–H and O–H groups in total. The van der Waals surface area contributed by atoms with Crippen LogP contribution >= 0.6 is 15.9 Å². The quantitative estimate of drug-likeness (QED) is 0.881. The van der Waals surface area contributed by atoms with Crippen molar-refractivity contribution < 1.29 is 13.9 Å². The lowest BCUT2D eigenvalue weighted by atomic mass is 10.1. The van der Waals surface area contributed by atoms with E-state index in [1.807, 2.05) is 0 Å². The zero-order valence-corrected chi connectivity index (χ0v) is 12.2. The largest absolute Gasteiger partial charge is 0.380 e. The van der Waals surface area contributed by atoms with Crippen LogP contribution in [0, 0.1) is 5.82 Å². The van der Waals surface area contributed by atoms with Gasteiger partial charge in [-0.2, -0.15) is 0 Å². The number of benzene rings is 1.